The van der Waals surface area contributed by atoms with E-state index in [1.165, 1.54) is 19.2 Å². The van der Waals surface area contributed by atoms with E-state index in [1.54, 1.807) is 0 Å². The second-order valence-electron chi connectivity index (χ2n) is 3.65. The summed E-state index contributed by atoms with van der Waals surface area (Å²) in [5.41, 5.74) is 0.360. The molecule has 1 rings (SSSR count). The highest BCUT2D eigenvalue weighted by atomic mass is 32.2. The Kier molecular flexibility index (Phi) is 4.69. The van der Waals surface area contributed by atoms with E-state index >= 15 is 0 Å². The molecule has 0 amide bonds. The first-order valence-corrected chi connectivity index (χ1v) is 6.95. The van der Waals surface area contributed by atoms with Gasteiger partial charge in [-0.1, -0.05) is 6.92 Å². The number of aromatic carboxylic acids is 1. The first-order chi connectivity index (χ1) is 8.42. The van der Waals surface area contributed by atoms with Gasteiger partial charge < -0.3 is 10.4 Å². The molecular formula is C11H16N2O4S. The average molecular weight is 272 g/mol. The van der Waals surface area contributed by atoms with Gasteiger partial charge in [-0.2, -0.15) is 0 Å². The van der Waals surface area contributed by atoms with Gasteiger partial charge in [0.2, 0.25) is 10.0 Å². The number of carboxylic acids is 1. The van der Waals surface area contributed by atoms with E-state index in [0.29, 0.717) is 12.2 Å². The zero-order chi connectivity index (χ0) is 13.8. The fraction of sp³-hybridized carbons (Fsp3) is 0.364. The Bertz CT molecular complexity index is 540. The summed E-state index contributed by atoms with van der Waals surface area (Å²) in [7, 11) is -2.36. The van der Waals surface area contributed by atoms with Crippen molar-refractivity contribution >= 4 is 21.7 Å². The summed E-state index contributed by atoms with van der Waals surface area (Å²) in [5.74, 6) is -1.17. The minimum atomic E-state index is -3.63. The summed E-state index contributed by atoms with van der Waals surface area (Å²) < 4.78 is 25.3. The number of hydrogen-bond acceptors (Lipinski definition) is 4. The topological polar surface area (TPSA) is 95.5 Å². The van der Waals surface area contributed by atoms with Crippen LogP contribution in [-0.2, 0) is 10.0 Å². The summed E-state index contributed by atoms with van der Waals surface area (Å²) >= 11 is 0. The van der Waals surface area contributed by atoms with Crippen molar-refractivity contribution in [3.8, 4) is 0 Å². The fourth-order valence-electron chi connectivity index (χ4n) is 1.40. The molecule has 0 unspecified atom stereocenters. The van der Waals surface area contributed by atoms with Crippen LogP contribution in [0.5, 0.6) is 0 Å². The lowest BCUT2D eigenvalue weighted by Crippen LogP contribution is -2.19. The Morgan fingerprint density at radius 2 is 2.06 bits per heavy atom. The monoisotopic (exact) mass is 272 g/mol. The normalized spacial score (nSPS) is 11.2. The fourth-order valence-corrected chi connectivity index (χ4v) is 2.16. The maximum absolute atomic E-state index is 11.6. The standard InChI is InChI=1S/C11H16N2O4S/c1-3-6-13-10-5-4-8(18(16,17)12-2)7-9(10)11(14)15/h4-5,7,12-13H,3,6H2,1-2H3,(H,14,15). The Labute approximate surface area is 106 Å². The van der Waals surface area contributed by atoms with Crippen molar-refractivity contribution in [2.75, 3.05) is 18.9 Å². The average Bonchev–Trinajstić information content (AvgIpc) is 2.35. The molecule has 0 aliphatic carbocycles. The number of sulfonamides is 1. The molecule has 0 radical (unpaired) electrons. The third-order valence-corrected chi connectivity index (χ3v) is 3.78. The van der Waals surface area contributed by atoms with Gasteiger partial charge in [-0.15, -0.1) is 0 Å². The molecule has 0 saturated heterocycles. The van der Waals surface area contributed by atoms with Crippen molar-refractivity contribution in [1.82, 2.24) is 4.72 Å². The van der Waals surface area contributed by atoms with Crippen LogP contribution in [0.15, 0.2) is 23.1 Å². The molecule has 0 bridgehead atoms. The molecule has 7 heteroatoms. The molecule has 100 valence electrons. The highest BCUT2D eigenvalue weighted by molar-refractivity contribution is 7.89. The van der Waals surface area contributed by atoms with Gasteiger partial charge in [-0.25, -0.2) is 17.9 Å². The molecule has 6 nitrogen and oxygen atoms in total. The summed E-state index contributed by atoms with van der Waals surface area (Å²) in [4.78, 5) is 11.0. The van der Waals surface area contributed by atoms with Crippen LogP contribution in [0, 0.1) is 0 Å². The number of carboxylic acid groups (broad SMARTS) is 1. The summed E-state index contributed by atoms with van der Waals surface area (Å²) in [6.07, 6.45) is 0.843. The lowest BCUT2D eigenvalue weighted by molar-refractivity contribution is 0.0697. The van der Waals surface area contributed by atoms with Crippen LogP contribution in [0.4, 0.5) is 5.69 Å². The van der Waals surface area contributed by atoms with E-state index in [2.05, 4.69) is 10.0 Å². The van der Waals surface area contributed by atoms with Crippen LogP contribution in [0.2, 0.25) is 0 Å². The van der Waals surface area contributed by atoms with Crippen LogP contribution < -0.4 is 10.0 Å². The van der Waals surface area contributed by atoms with Gasteiger partial charge in [-0.3, -0.25) is 0 Å². The number of carbonyl (C=O) groups is 1. The van der Waals surface area contributed by atoms with Crippen molar-refractivity contribution in [3.63, 3.8) is 0 Å². The van der Waals surface area contributed by atoms with Crippen LogP contribution in [0.1, 0.15) is 23.7 Å². The summed E-state index contributed by atoms with van der Waals surface area (Å²) in [5, 5.41) is 12.0. The van der Waals surface area contributed by atoms with Gasteiger partial charge in [0, 0.05) is 12.2 Å². The van der Waals surface area contributed by atoms with E-state index in [4.69, 9.17) is 5.11 Å². The van der Waals surface area contributed by atoms with Crippen LogP contribution in [0.25, 0.3) is 0 Å². The van der Waals surface area contributed by atoms with E-state index in [0.717, 1.165) is 12.5 Å². The zero-order valence-electron chi connectivity index (χ0n) is 10.2. The Hall–Kier alpha value is -1.60. The molecule has 1 aromatic carbocycles. The van der Waals surface area contributed by atoms with Gasteiger partial charge >= 0.3 is 5.97 Å². The number of hydrogen-bond donors (Lipinski definition) is 3. The molecule has 1 aromatic rings. The molecule has 0 aliphatic rings. The molecule has 0 saturated carbocycles. The molecule has 0 aromatic heterocycles. The second-order valence-corrected chi connectivity index (χ2v) is 5.53. The van der Waals surface area contributed by atoms with Gasteiger partial charge in [0.1, 0.15) is 0 Å². The highest BCUT2D eigenvalue weighted by Gasteiger charge is 2.17. The molecule has 3 N–H and O–H groups in total. The van der Waals surface area contributed by atoms with Gasteiger partial charge in [0.05, 0.1) is 10.5 Å². The molecule has 0 spiro atoms. The van der Waals surface area contributed by atoms with Crippen molar-refractivity contribution in [1.29, 1.82) is 0 Å². The first kappa shape index (κ1) is 14.5. The summed E-state index contributed by atoms with van der Waals surface area (Å²) in [6, 6.07) is 3.98. The van der Waals surface area contributed by atoms with Gasteiger partial charge in [-0.05, 0) is 31.7 Å². The lowest BCUT2D eigenvalue weighted by Gasteiger charge is -2.10. The first-order valence-electron chi connectivity index (χ1n) is 5.47. The van der Waals surface area contributed by atoms with Gasteiger partial charge in [0.25, 0.3) is 0 Å². The predicted molar refractivity (Wildman–Crippen MR) is 68.4 cm³/mol. The Morgan fingerprint density at radius 1 is 1.39 bits per heavy atom. The van der Waals surface area contributed by atoms with Crippen LogP contribution in [0.3, 0.4) is 0 Å². The largest absolute Gasteiger partial charge is 0.478 e. The smallest absolute Gasteiger partial charge is 0.337 e. The molecular weight excluding hydrogens is 256 g/mol. The van der Waals surface area contributed by atoms with Crippen molar-refractivity contribution in [2.24, 2.45) is 0 Å². The van der Waals surface area contributed by atoms with Gasteiger partial charge in [0.15, 0.2) is 0 Å². The third kappa shape index (κ3) is 3.21. The number of rotatable bonds is 6. The predicted octanol–water partition coefficient (Wildman–Crippen LogP) is 1.11. The van der Waals surface area contributed by atoms with E-state index < -0.39 is 16.0 Å². The molecule has 0 aliphatic heterocycles. The second kappa shape index (κ2) is 5.83. The Balaban J connectivity index is 3.23. The van der Waals surface area contributed by atoms with Crippen molar-refractivity contribution in [2.45, 2.75) is 18.2 Å². The maximum atomic E-state index is 11.6. The summed E-state index contributed by atoms with van der Waals surface area (Å²) in [6.45, 7) is 2.58. The quantitative estimate of drug-likeness (QED) is 0.721. The maximum Gasteiger partial charge on any atom is 0.337 e. The van der Waals surface area contributed by atoms with Crippen LogP contribution >= 0.6 is 0 Å². The minimum Gasteiger partial charge on any atom is -0.478 e. The zero-order valence-corrected chi connectivity index (χ0v) is 11.0. The molecule has 18 heavy (non-hydrogen) atoms. The van der Waals surface area contributed by atoms with Crippen molar-refractivity contribution in [3.05, 3.63) is 23.8 Å². The molecule has 0 heterocycles. The van der Waals surface area contributed by atoms with E-state index in [-0.39, 0.29) is 10.5 Å². The third-order valence-electron chi connectivity index (χ3n) is 2.37. The Morgan fingerprint density at radius 3 is 2.56 bits per heavy atom. The number of nitrogens with one attached hydrogen (secondary N) is 2. The van der Waals surface area contributed by atoms with Crippen molar-refractivity contribution < 1.29 is 18.3 Å². The number of benzene rings is 1. The van der Waals surface area contributed by atoms with E-state index in [9.17, 15) is 13.2 Å². The number of anilines is 1. The molecule has 0 fully saturated rings. The molecule has 0 atom stereocenters. The minimum absolute atomic E-state index is 0.0558. The SMILES string of the molecule is CCCNc1ccc(S(=O)(=O)NC)cc1C(=O)O. The van der Waals surface area contributed by atoms with E-state index in [1.807, 2.05) is 6.92 Å². The van der Waals surface area contributed by atoms with Crippen LogP contribution in [-0.4, -0.2) is 33.1 Å². The highest BCUT2D eigenvalue weighted by Crippen LogP contribution is 2.20. The lowest BCUT2D eigenvalue weighted by atomic mass is 10.2.